The van der Waals surface area contributed by atoms with Gasteiger partial charge < -0.3 is 10.1 Å². The third-order valence-electron chi connectivity index (χ3n) is 4.57. The molecule has 0 radical (unpaired) electrons. The Balaban J connectivity index is 1.70. The standard InChI is InChI=1S/C21H23N3O3/c1-14(8-9-15-10-12-16(27-3)13-11-15)22-20(25)19-17-6-4-5-7-18(17)21(26)24(2)23-19/h4-7,10-14H,8-9H2,1-3H3,(H,22,25). The monoisotopic (exact) mass is 365 g/mol. The van der Waals surface area contributed by atoms with Crippen LogP contribution in [0.4, 0.5) is 0 Å². The molecule has 1 atom stereocenters. The van der Waals surface area contributed by atoms with E-state index in [4.69, 9.17) is 4.74 Å². The van der Waals surface area contributed by atoms with Gasteiger partial charge >= 0.3 is 0 Å². The lowest BCUT2D eigenvalue weighted by Gasteiger charge is -2.15. The minimum atomic E-state index is -0.274. The SMILES string of the molecule is COc1ccc(CCC(C)NC(=O)c2nn(C)c(=O)c3ccccc23)cc1. The highest BCUT2D eigenvalue weighted by atomic mass is 16.5. The lowest BCUT2D eigenvalue weighted by Crippen LogP contribution is -2.35. The summed E-state index contributed by atoms with van der Waals surface area (Å²) in [6.07, 6.45) is 1.63. The van der Waals surface area contributed by atoms with Crippen LogP contribution in [0.5, 0.6) is 5.75 Å². The highest BCUT2D eigenvalue weighted by molar-refractivity contribution is 6.04. The largest absolute Gasteiger partial charge is 0.497 e. The highest BCUT2D eigenvalue weighted by Gasteiger charge is 2.17. The molecule has 0 saturated heterocycles. The van der Waals surface area contributed by atoms with Gasteiger partial charge in [0.15, 0.2) is 5.69 Å². The second kappa shape index (κ2) is 8.03. The summed E-state index contributed by atoms with van der Waals surface area (Å²) in [6.45, 7) is 1.96. The van der Waals surface area contributed by atoms with E-state index in [1.54, 1.807) is 38.4 Å². The summed E-state index contributed by atoms with van der Waals surface area (Å²) in [6, 6.07) is 14.9. The van der Waals surface area contributed by atoms with E-state index in [1.807, 2.05) is 31.2 Å². The number of carbonyl (C=O) groups excluding carboxylic acids is 1. The second-order valence-corrected chi connectivity index (χ2v) is 6.58. The summed E-state index contributed by atoms with van der Waals surface area (Å²) in [5.41, 5.74) is 1.24. The fourth-order valence-corrected chi connectivity index (χ4v) is 3.01. The van der Waals surface area contributed by atoms with Crippen molar-refractivity contribution in [2.24, 2.45) is 7.05 Å². The molecule has 0 aliphatic carbocycles. The van der Waals surface area contributed by atoms with Gasteiger partial charge in [-0.15, -0.1) is 0 Å². The number of hydrogen-bond acceptors (Lipinski definition) is 4. The van der Waals surface area contributed by atoms with Crippen molar-refractivity contribution in [2.45, 2.75) is 25.8 Å². The summed E-state index contributed by atoms with van der Waals surface area (Å²) in [4.78, 5) is 24.9. The Morgan fingerprint density at radius 1 is 1.15 bits per heavy atom. The van der Waals surface area contributed by atoms with Crippen LogP contribution in [-0.2, 0) is 13.5 Å². The van der Waals surface area contributed by atoms with E-state index in [2.05, 4.69) is 10.4 Å². The van der Waals surface area contributed by atoms with Crippen LogP contribution in [0.3, 0.4) is 0 Å². The minimum Gasteiger partial charge on any atom is -0.497 e. The summed E-state index contributed by atoms with van der Waals surface area (Å²) in [5, 5.41) is 8.22. The molecule has 27 heavy (non-hydrogen) atoms. The molecule has 6 nitrogen and oxygen atoms in total. The molecule has 1 amide bonds. The number of amides is 1. The number of methoxy groups -OCH3 is 1. The first-order valence-electron chi connectivity index (χ1n) is 8.89. The maximum atomic E-state index is 12.7. The Bertz CT molecular complexity index is 1010. The van der Waals surface area contributed by atoms with Crippen LogP contribution in [0.1, 0.15) is 29.4 Å². The number of carbonyl (C=O) groups is 1. The van der Waals surface area contributed by atoms with Gasteiger partial charge in [0.1, 0.15) is 5.75 Å². The molecule has 2 aromatic carbocycles. The number of fused-ring (bicyclic) bond motifs is 1. The molecule has 0 aliphatic rings. The van der Waals surface area contributed by atoms with Gasteiger partial charge in [-0.2, -0.15) is 5.10 Å². The van der Waals surface area contributed by atoms with Crippen LogP contribution in [0.2, 0.25) is 0 Å². The summed E-state index contributed by atoms with van der Waals surface area (Å²) < 4.78 is 6.37. The van der Waals surface area contributed by atoms with Gasteiger partial charge in [0.2, 0.25) is 0 Å². The normalized spacial score (nSPS) is 12.0. The quantitative estimate of drug-likeness (QED) is 0.729. The van der Waals surface area contributed by atoms with Crippen molar-refractivity contribution in [3.8, 4) is 5.75 Å². The van der Waals surface area contributed by atoms with E-state index in [0.717, 1.165) is 18.6 Å². The molecule has 1 unspecified atom stereocenters. The van der Waals surface area contributed by atoms with Crippen LogP contribution in [0.15, 0.2) is 53.3 Å². The fourth-order valence-electron chi connectivity index (χ4n) is 3.01. The van der Waals surface area contributed by atoms with Gasteiger partial charge in [0.25, 0.3) is 11.5 Å². The van der Waals surface area contributed by atoms with E-state index < -0.39 is 0 Å². The molecule has 3 aromatic rings. The van der Waals surface area contributed by atoms with E-state index in [9.17, 15) is 9.59 Å². The predicted octanol–water partition coefficient (Wildman–Crippen LogP) is 2.69. The summed E-state index contributed by atoms with van der Waals surface area (Å²) >= 11 is 0. The molecule has 1 N–H and O–H groups in total. The lowest BCUT2D eigenvalue weighted by atomic mass is 10.1. The van der Waals surface area contributed by atoms with Gasteiger partial charge in [-0.25, -0.2) is 4.68 Å². The zero-order chi connectivity index (χ0) is 19.4. The van der Waals surface area contributed by atoms with Crippen LogP contribution in [-0.4, -0.2) is 28.8 Å². The van der Waals surface area contributed by atoms with Gasteiger partial charge in [-0.05, 0) is 43.5 Å². The Hall–Kier alpha value is -3.15. The van der Waals surface area contributed by atoms with Crippen molar-refractivity contribution < 1.29 is 9.53 Å². The molecule has 0 bridgehead atoms. The van der Waals surface area contributed by atoms with Crippen LogP contribution >= 0.6 is 0 Å². The topological polar surface area (TPSA) is 73.2 Å². The predicted molar refractivity (Wildman–Crippen MR) is 105 cm³/mol. The van der Waals surface area contributed by atoms with Gasteiger partial charge in [-0.1, -0.05) is 30.3 Å². The van der Waals surface area contributed by atoms with E-state index in [0.29, 0.717) is 10.8 Å². The van der Waals surface area contributed by atoms with Crippen LogP contribution in [0.25, 0.3) is 10.8 Å². The van der Waals surface area contributed by atoms with Crippen molar-refractivity contribution in [1.29, 1.82) is 0 Å². The molecule has 0 aliphatic heterocycles. The number of nitrogens with zero attached hydrogens (tertiary/aromatic N) is 2. The molecule has 1 aromatic heterocycles. The fraction of sp³-hybridized carbons (Fsp3) is 0.286. The van der Waals surface area contributed by atoms with E-state index in [-0.39, 0.29) is 23.2 Å². The zero-order valence-corrected chi connectivity index (χ0v) is 15.7. The first-order valence-corrected chi connectivity index (χ1v) is 8.89. The number of benzene rings is 2. The first-order chi connectivity index (χ1) is 13.0. The molecule has 3 rings (SSSR count). The van der Waals surface area contributed by atoms with Crippen molar-refractivity contribution in [2.75, 3.05) is 7.11 Å². The zero-order valence-electron chi connectivity index (χ0n) is 15.7. The van der Waals surface area contributed by atoms with Crippen LogP contribution < -0.4 is 15.6 Å². The molecular weight excluding hydrogens is 342 g/mol. The number of hydrogen-bond donors (Lipinski definition) is 1. The lowest BCUT2D eigenvalue weighted by molar-refractivity contribution is 0.0933. The molecule has 6 heteroatoms. The first kappa shape index (κ1) is 18.6. The third-order valence-corrected chi connectivity index (χ3v) is 4.57. The number of nitrogens with one attached hydrogen (secondary N) is 1. The van der Waals surface area contributed by atoms with Gasteiger partial charge in [0, 0.05) is 18.5 Å². The molecule has 140 valence electrons. The average Bonchev–Trinajstić information content (AvgIpc) is 2.69. The smallest absolute Gasteiger partial charge is 0.274 e. The molecule has 0 saturated carbocycles. The van der Waals surface area contributed by atoms with Crippen molar-refractivity contribution >= 4 is 16.7 Å². The highest BCUT2D eigenvalue weighted by Crippen LogP contribution is 2.15. The maximum absolute atomic E-state index is 12.7. The average molecular weight is 365 g/mol. The van der Waals surface area contributed by atoms with Crippen LogP contribution in [0, 0.1) is 0 Å². The van der Waals surface area contributed by atoms with E-state index >= 15 is 0 Å². The number of ether oxygens (including phenoxy) is 1. The molecular formula is C21H23N3O3. The summed E-state index contributed by atoms with van der Waals surface area (Å²) in [5.74, 6) is 0.553. The number of aryl methyl sites for hydroxylation is 2. The van der Waals surface area contributed by atoms with Crippen molar-refractivity contribution in [3.05, 3.63) is 70.1 Å². The Kier molecular flexibility index (Phi) is 5.54. The molecule has 1 heterocycles. The second-order valence-electron chi connectivity index (χ2n) is 6.58. The minimum absolute atomic E-state index is 0.0302. The summed E-state index contributed by atoms with van der Waals surface area (Å²) in [7, 11) is 3.20. The van der Waals surface area contributed by atoms with E-state index in [1.165, 1.54) is 10.2 Å². The Labute approximate surface area is 157 Å². The van der Waals surface area contributed by atoms with Crippen molar-refractivity contribution in [1.82, 2.24) is 15.1 Å². The number of rotatable bonds is 6. The van der Waals surface area contributed by atoms with Crippen molar-refractivity contribution in [3.63, 3.8) is 0 Å². The number of aromatic nitrogens is 2. The Morgan fingerprint density at radius 3 is 2.48 bits per heavy atom. The molecule has 0 fully saturated rings. The molecule has 0 spiro atoms. The van der Waals surface area contributed by atoms with Gasteiger partial charge in [-0.3, -0.25) is 9.59 Å². The maximum Gasteiger partial charge on any atom is 0.274 e. The van der Waals surface area contributed by atoms with Gasteiger partial charge in [0.05, 0.1) is 12.5 Å². The Morgan fingerprint density at radius 2 is 1.81 bits per heavy atom. The third kappa shape index (κ3) is 4.16.